The lowest BCUT2D eigenvalue weighted by atomic mass is 10.1. The van der Waals surface area contributed by atoms with E-state index in [1.54, 1.807) is 0 Å². The zero-order valence-corrected chi connectivity index (χ0v) is 11.5. The third-order valence-electron chi connectivity index (χ3n) is 3.34. The SMILES string of the molecule is CCc1ccccc1NS(=O)(=O)C1CCCNC1. The summed E-state index contributed by atoms with van der Waals surface area (Å²) in [7, 11) is -3.28. The van der Waals surface area contributed by atoms with Crippen molar-refractivity contribution in [3.05, 3.63) is 29.8 Å². The van der Waals surface area contributed by atoms with Crippen LogP contribution in [0.15, 0.2) is 24.3 Å². The fraction of sp³-hybridized carbons (Fsp3) is 0.538. The smallest absolute Gasteiger partial charge is 0.236 e. The van der Waals surface area contributed by atoms with Gasteiger partial charge in [0.15, 0.2) is 0 Å². The summed E-state index contributed by atoms with van der Waals surface area (Å²) < 4.78 is 27.3. The van der Waals surface area contributed by atoms with Gasteiger partial charge in [0.2, 0.25) is 10.0 Å². The van der Waals surface area contributed by atoms with Crippen LogP contribution in [0.4, 0.5) is 5.69 Å². The second-order valence-electron chi connectivity index (χ2n) is 4.63. The Bertz CT molecular complexity index is 493. The number of para-hydroxylation sites is 1. The van der Waals surface area contributed by atoms with Crippen LogP contribution >= 0.6 is 0 Å². The number of aryl methyl sites for hydroxylation is 1. The predicted octanol–water partition coefficient (Wildman–Crippen LogP) is 1.74. The second kappa shape index (κ2) is 5.71. The van der Waals surface area contributed by atoms with Crippen molar-refractivity contribution in [3.63, 3.8) is 0 Å². The van der Waals surface area contributed by atoms with Crippen LogP contribution in [0.3, 0.4) is 0 Å². The van der Waals surface area contributed by atoms with E-state index in [1.807, 2.05) is 31.2 Å². The minimum Gasteiger partial charge on any atom is -0.315 e. The number of hydrogen-bond donors (Lipinski definition) is 2. The first-order valence-corrected chi connectivity index (χ1v) is 7.98. The molecule has 1 atom stereocenters. The van der Waals surface area contributed by atoms with E-state index in [2.05, 4.69) is 10.0 Å². The summed E-state index contributed by atoms with van der Waals surface area (Å²) in [6, 6.07) is 7.57. The lowest BCUT2D eigenvalue weighted by Crippen LogP contribution is -2.41. The molecule has 0 bridgehead atoms. The Morgan fingerprint density at radius 1 is 1.39 bits per heavy atom. The summed E-state index contributed by atoms with van der Waals surface area (Å²) in [6.07, 6.45) is 2.47. The molecule has 4 nitrogen and oxygen atoms in total. The monoisotopic (exact) mass is 268 g/mol. The van der Waals surface area contributed by atoms with Gasteiger partial charge in [0.1, 0.15) is 0 Å². The minimum absolute atomic E-state index is 0.323. The van der Waals surface area contributed by atoms with Crippen LogP contribution in [0.2, 0.25) is 0 Å². The van der Waals surface area contributed by atoms with Gasteiger partial charge >= 0.3 is 0 Å². The molecule has 1 unspecified atom stereocenters. The molecule has 1 aliphatic rings. The highest BCUT2D eigenvalue weighted by Crippen LogP contribution is 2.20. The fourth-order valence-corrected chi connectivity index (χ4v) is 3.74. The van der Waals surface area contributed by atoms with Crippen LogP contribution in [0.1, 0.15) is 25.3 Å². The fourth-order valence-electron chi connectivity index (χ4n) is 2.25. The van der Waals surface area contributed by atoms with E-state index in [1.165, 1.54) is 0 Å². The third kappa shape index (κ3) is 3.03. The molecule has 0 saturated carbocycles. The van der Waals surface area contributed by atoms with Crippen LogP contribution in [-0.2, 0) is 16.4 Å². The molecule has 18 heavy (non-hydrogen) atoms. The molecule has 5 heteroatoms. The Morgan fingerprint density at radius 3 is 2.83 bits per heavy atom. The number of hydrogen-bond acceptors (Lipinski definition) is 3. The van der Waals surface area contributed by atoms with Crippen molar-refractivity contribution in [2.24, 2.45) is 0 Å². The van der Waals surface area contributed by atoms with Crippen molar-refractivity contribution in [2.75, 3.05) is 17.8 Å². The molecule has 0 aromatic heterocycles. The van der Waals surface area contributed by atoms with Gasteiger partial charge in [0, 0.05) is 6.54 Å². The van der Waals surface area contributed by atoms with Crippen molar-refractivity contribution in [1.82, 2.24) is 5.32 Å². The minimum atomic E-state index is -3.28. The molecule has 0 aliphatic carbocycles. The van der Waals surface area contributed by atoms with E-state index >= 15 is 0 Å². The molecular weight excluding hydrogens is 248 g/mol. The van der Waals surface area contributed by atoms with Crippen molar-refractivity contribution < 1.29 is 8.42 Å². The number of benzene rings is 1. The molecule has 1 heterocycles. The van der Waals surface area contributed by atoms with Crippen molar-refractivity contribution in [1.29, 1.82) is 0 Å². The molecule has 0 radical (unpaired) electrons. The molecule has 1 aromatic carbocycles. The van der Waals surface area contributed by atoms with Crippen LogP contribution in [0.5, 0.6) is 0 Å². The Labute approximate surface area is 109 Å². The first-order valence-electron chi connectivity index (χ1n) is 6.43. The van der Waals surface area contributed by atoms with E-state index in [4.69, 9.17) is 0 Å². The summed E-state index contributed by atoms with van der Waals surface area (Å²) in [6.45, 7) is 3.48. The van der Waals surface area contributed by atoms with Gasteiger partial charge < -0.3 is 5.32 Å². The molecule has 100 valence electrons. The number of nitrogens with one attached hydrogen (secondary N) is 2. The highest BCUT2D eigenvalue weighted by molar-refractivity contribution is 7.93. The maximum Gasteiger partial charge on any atom is 0.236 e. The Hall–Kier alpha value is -1.07. The lowest BCUT2D eigenvalue weighted by Gasteiger charge is -2.24. The van der Waals surface area contributed by atoms with Gasteiger partial charge in [-0.2, -0.15) is 0 Å². The molecule has 1 fully saturated rings. The van der Waals surface area contributed by atoms with Crippen LogP contribution in [-0.4, -0.2) is 26.8 Å². The van der Waals surface area contributed by atoms with Gasteiger partial charge in [0.25, 0.3) is 0 Å². The Balaban J connectivity index is 2.16. The maximum atomic E-state index is 12.3. The molecule has 2 rings (SSSR count). The zero-order valence-electron chi connectivity index (χ0n) is 10.6. The molecule has 1 aliphatic heterocycles. The van der Waals surface area contributed by atoms with Crippen LogP contribution in [0.25, 0.3) is 0 Å². The van der Waals surface area contributed by atoms with Crippen LogP contribution < -0.4 is 10.0 Å². The summed E-state index contributed by atoms with van der Waals surface area (Å²) in [5.74, 6) is 0. The summed E-state index contributed by atoms with van der Waals surface area (Å²) >= 11 is 0. The molecule has 1 aromatic rings. The van der Waals surface area contributed by atoms with E-state index in [0.717, 1.165) is 31.4 Å². The number of sulfonamides is 1. The average molecular weight is 268 g/mol. The topological polar surface area (TPSA) is 58.2 Å². The quantitative estimate of drug-likeness (QED) is 0.874. The second-order valence-corrected chi connectivity index (χ2v) is 6.59. The summed E-state index contributed by atoms with van der Waals surface area (Å²) in [5, 5.41) is 2.81. The van der Waals surface area contributed by atoms with E-state index in [0.29, 0.717) is 12.2 Å². The highest BCUT2D eigenvalue weighted by Gasteiger charge is 2.27. The van der Waals surface area contributed by atoms with Crippen LogP contribution in [0, 0.1) is 0 Å². The summed E-state index contributed by atoms with van der Waals surface area (Å²) in [4.78, 5) is 0. The first kappa shape index (κ1) is 13.4. The highest BCUT2D eigenvalue weighted by atomic mass is 32.2. The predicted molar refractivity (Wildman–Crippen MR) is 74.3 cm³/mol. The van der Waals surface area contributed by atoms with Gasteiger partial charge in [-0.15, -0.1) is 0 Å². The Morgan fingerprint density at radius 2 is 2.17 bits per heavy atom. The van der Waals surface area contributed by atoms with Gasteiger partial charge in [-0.05, 0) is 37.4 Å². The van der Waals surface area contributed by atoms with Gasteiger partial charge in [-0.1, -0.05) is 25.1 Å². The van der Waals surface area contributed by atoms with E-state index in [-0.39, 0.29) is 5.25 Å². The third-order valence-corrected chi connectivity index (χ3v) is 5.13. The largest absolute Gasteiger partial charge is 0.315 e. The molecule has 0 amide bonds. The molecule has 0 spiro atoms. The number of rotatable bonds is 4. The molecule has 2 N–H and O–H groups in total. The standard InChI is InChI=1S/C13H20N2O2S/c1-2-11-6-3-4-8-13(11)15-18(16,17)12-7-5-9-14-10-12/h3-4,6,8,12,14-15H,2,5,7,9-10H2,1H3. The number of piperidine rings is 1. The maximum absolute atomic E-state index is 12.3. The average Bonchev–Trinajstić information content (AvgIpc) is 2.40. The first-order chi connectivity index (χ1) is 8.63. The van der Waals surface area contributed by atoms with Crippen molar-refractivity contribution >= 4 is 15.7 Å². The molecular formula is C13H20N2O2S. The van der Waals surface area contributed by atoms with Gasteiger partial charge in [-0.25, -0.2) is 8.42 Å². The number of anilines is 1. The lowest BCUT2D eigenvalue weighted by molar-refractivity contribution is 0.499. The van der Waals surface area contributed by atoms with Gasteiger partial charge in [-0.3, -0.25) is 4.72 Å². The normalized spacial score (nSPS) is 20.6. The Kier molecular flexibility index (Phi) is 4.24. The van der Waals surface area contributed by atoms with Crippen molar-refractivity contribution in [2.45, 2.75) is 31.4 Å². The van der Waals surface area contributed by atoms with E-state index < -0.39 is 10.0 Å². The molecule has 1 saturated heterocycles. The van der Waals surface area contributed by atoms with Crippen molar-refractivity contribution in [3.8, 4) is 0 Å². The van der Waals surface area contributed by atoms with Gasteiger partial charge in [0.05, 0.1) is 10.9 Å². The van der Waals surface area contributed by atoms with E-state index in [9.17, 15) is 8.42 Å². The summed E-state index contributed by atoms with van der Waals surface area (Å²) in [5.41, 5.74) is 1.75. The zero-order chi connectivity index (χ0) is 13.0.